The number of halogens is 2. The molecule has 32 heavy (non-hydrogen) atoms. The molecule has 2 atom stereocenters. The van der Waals surface area contributed by atoms with Gasteiger partial charge in [-0.3, -0.25) is 9.59 Å². The molecule has 2 aromatic carbocycles. The number of hydrogen-bond donors (Lipinski definition) is 3. The summed E-state index contributed by atoms with van der Waals surface area (Å²) in [4.78, 5) is 38.1. The lowest BCUT2D eigenvalue weighted by atomic mass is 9.94. The molecule has 3 rings (SSSR count). The lowest BCUT2D eigenvalue weighted by Gasteiger charge is -2.17. The number of carboxylic acid groups (broad SMARTS) is 1. The molecule has 0 aliphatic carbocycles. The average molecular weight is 567 g/mol. The van der Waals surface area contributed by atoms with Crippen LogP contribution in [0.15, 0.2) is 57.5 Å². The van der Waals surface area contributed by atoms with Gasteiger partial charge in [0.1, 0.15) is 0 Å². The van der Waals surface area contributed by atoms with Gasteiger partial charge in [0.15, 0.2) is 0 Å². The number of amides is 3. The van der Waals surface area contributed by atoms with Crippen LogP contribution in [-0.2, 0) is 22.4 Å². The van der Waals surface area contributed by atoms with Gasteiger partial charge in [-0.05, 0) is 48.2 Å². The topological polar surface area (TPSA) is 98.7 Å². The van der Waals surface area contributed by atoms with Crippen molar-refractivity contribution < 1.29 is 19.5 Å². The molecule has 3 N–H and O–H groups in total. The van der Waals surface area contributed by atoms with Crippen LogP contribution in [0.5, 0.6) is 0 Å². The Kier molecular flexibility index (Phi) is 8.69. The summed E-state index contributed by atoms with van der Waals surface area (Å²) < 4.78 is 1.97. The van der Waals surface area contributed by atoms with Crippen LogP contribution < -0.4 is 10.6 Å². The molecule has 1 fully saturated rings. The molecule has 3 amide bonds. The van der Waals surface area contributed by atoms with Crippen molar-refractivity contribution in [2.75, 3.05) is 26.2 Å². The largest absolute Gasteiger partial charge is 0.465 e. The van der Waals surface area contributed by atoms with Crippen molar-refractivity contribution >= 4 is 49.8 Å². The molecule has 1 aliphatic rings. The van der Waals surface area contributed by atoms with Crippen molar-refractivity contribution in [1.82, 2.24) is 15.5 Å². The van der Waals surface area contributed by atoms with Crippen LogP contribution in [0.3, 0.4) is 0 Å². The van der Waals surface area contributed by atoms with E-state index in [2.05, 4.69) is 42.5 Å². The van der Waals surface area contributed by atoms with E-state index >= 15 is 0 Å². The molecule has 170 valence electrons. The zero-order valence-electron chi connectivity index (χ0n) is 17.4. The van der Waals surface area contributed by atoms with Gasteiger partial charge in [-0.1, -0.05) is 56.1 Å². The smallest absolute Gasteiger partial charge is 0.407 e. The van der Waals surface area contributed by atoms with Crippen LogP contribution in [-0.4, -0.2) is 54.1 Å². The van der Waals surface area contributed by atoms with Crippen LogP contribution in [0.4, 0.5) is 4.79 Å². The van der Waals surface area contributed by atoms with Gasteiger partial charge < -0.3 is 20.6 Å². The van der Waals surface area contributed by atoms with Crippen LogP contribution in [0, 0.1) is 11.8 Å². The monoisotopic (exact) mass is 565 g/mol. The van der Waals surface area contributed by atoms with E-state index in [0.717, 1.165) is 25.0 Å². The fourth-order valence-corrected chi connectivity index (χ4v) is 4.24. The summed E-state index contributed by atoms with van der Waals surface area (Å²) in [5, 5.41) is 15.1. The third-order valence-electron chi connectivity index (χ3n) is 5.52. The van der Waals surface area contributed by atoms with E-state index in [-0.39, 0.29) is 24.9 Å². The van der Waals surface area contributed by atoms with E-state index in [1.807, 2.05) is 48.5 Å². The van der Waals surface area contributed by atoms with Gasteiger partial charge in [-0.15, -0.1) is 0 Å². The molecular formula is C23H25Br2N3O4. The second-order valence-electron chi connectivity index (χ2n) is 7.74. The summed E-state index contributed by atoms with van der Waals surface area (Å²) in [6.07, 6.45) is 0.180. The van der Waals surface area contributed by atoms with Crippen LogP contribution in [0.1, 0.15) is 11.1 Å². The number of carbonyl (C=O) groups is 3. The normalized spacial score (nSPS) is 17.8. The number of likely N-dealkylation sites (tertiary alicyclic amines) is 1. The number of hydrogen-bond acceptors (Lipinski definition) is 3. The minimum atomic E-state index is -1.12. The number of benzene rings is 2. The molecular weight excluding hydrogens is 542 g/mol. The molecule has 9 heteroatoms. The zero-order valence-corrected chi connectivity index (χ0v) is 20.6. The fraction of sp³-hybridized carbons (Fsp3) is 0.348. The number of nitrogens with one attached hydrogen (secondary N) is 2. The Morgan fingerprint density at radius 3 is 1.50 bits per heavy atom. The molecule has 0 spiro atoms. The van der Waals surface area contributed by atoms with Crippen molar-refractivity contribution in [2.45, 2.75) is 12.8 Å². The minimum Gasteiger partial charge on any atom is -0.465 e. The Morgan fingerprint density at radius 1 is 0.781 bits per heavy atom. The maximum absolute atomic E-state index is 12.8. The Morgan fingerprint density at radius 2 is 1.16 bits per heavy atom. The van der Waals surface area contributed by atoms with E-state index in [4.69, 9.17) is 0 Å². The average Bonchev–Trinajstić information content (AvgIpc) is 3.22. The molecule has 1 heterocycles. The summed E-state index contributed by atoms with van der Waals surface area (Å²) >= 11 is 6.78. The summed E-state index contributed by atoms with van der Waals surface area (Å²) in [5.41, 5.74) is 2.16. The first-order valence-electron chi connectivity index (χ1n) is 10.4. The standard InChI is InChI=1S/C23H25Br2N3O4/c24-17-5-1-15(2-6-17)9-11-26-21(29)19-13-28(23(31)32)14-20(19)22(30)27-12-10-16-3-7-18(25)8-4-16/h1-8,19-20H,9-14H2,(H,26,29)(H,27,30)(H,31,32)/t19-,20-/m1/s1. The number of carbonyl (C=O) groups excluding carboxylic acids is 2. The summed E-state index contributed by atoms with van der Waals surface area (Å²) in [6, 6.07) is 15.6. The van der Waals surface area contributed by atoms with Gasteiger partial charge in [0.05, 0.1) is 11.8 Å². The lowest BCUT2D eigenvalue weighted by molar-refractivity contribution is -0.132. The SMILES string of the molecule is O=C(NCCc1ccc(Br)cc1)[C@@H]1CN(C(=O)O)C[C@H]1C(=O)NCCc1ccc(Br)cc1. The first-order valence-corrected chi connectivity index (χ1v) is 11.9. The van der Waals surface area contributed by atoms with Crippen LogP contribution in [0.25, 0.3) is 0 Å². The first-order chi connectivity index (χ1) is 15.3. The Bertz CT molecular complexity index is 879. The molecule has 0 radical (unpaired) electrons. The van der Waals surface area contributed by atoms with E-state index in [0.29, 0.717) is 25.9 Å². The van der Waals surface area contributed by atoms with Gasteiger partial charge in [-0.2, -0.15) is 0 Å². The molecule has 7 nitrogen and oxygen atoms in total. The van der Waals surface area contributed by atoms with Crippen molar-refractivity contribution in [3.05, 3.63) is 68.6 Å². The Labute approximate surface area is 203 Å². The minimum absolute atomic E-state index is 0.0181. The number of nitrogens with zero attached hydrogens (tertiary/aromatic N) is 1. The Hall–Kier alpha value is -2.39. The van der Waals surface area contributed by atoms with Gasteiger partial charge in [-0.25, -0.2) is 4.79 Å². The maximum atomic E-state index is 12.8. The maximum Gasteiger partial charge on any atom is 0.407 e. The summed E-state index contributed by atoms with van der Waals surface area (Å²) in [7, 11) is 0. The first kappa shape index (κ1) is 24.3. The van der Waals surface area contributed by atoms with E-state index < -0.39 is 17.9 Å². The lowest BCUT2D eigenvalue weighted by Crippen LogP contribution is -2.42. The second kappa shape index (κ2) is 11.5. The molecule has 0 aromatic heterocycles. The Balaban J connectivity index is 1.53. The summed E-state index contributed by atoms with van der Waals surface area (Å²) in [6.45, 7) is 0.873. The quantitative estimate of drug-likeness (QED) is 0.456. The predicted molar refractivity (Wildman–Crippen MR) is 128 cm³/mol. The fourth-order valence-electron chi connectivity index (χ4n) is 3.72. The second-order valence-corrected chi connectivity index (χ2v) is 9.57. The third-order valence-corrected chi connectivity index (χ3v) is 6.57. The van der Waals surface area contributed by atoms with Gasteiger partial charge in [0.2, 0.25) is 11.8 Å². The molecule has 1 saturated heterocycles. The highest BCUT2D eigenvalue weighted by Crippen LogP contribution is 2.24. The highest BCUT2D eigenvalue weighted by molar-refractivity contribution is 9.10. The molecule has 2 aromatic rings. The van der Waals surface area contributed by atoms with Gasteiger partial charge in [0, 0.05) is 35.1 Å². The van der Waals surface area contributed by atoms with E-state index in [1.54, 1.807) is 0 Å². The van der Waals surface area contributed by atoms with Crippen LogP contribution >= 0.6 is 31.9 Å². The number of rotatable bonds is 8. The highest BCUT2D eigenvalue weighted by Gasteiger charge is 2.43. The summed E-state index contributed by atoms with van der Waals surface area (Å²) in [5.74, 6) is -2.00. The van der Waals surface area contributed by atoms with Crippen molar-refractivity contribution in [3.8, 4) is 0 Å². The van der Waals surface area contributed by atoms with Crippen molar-refractivity contribution in [1.29, 1.82) is 0 Å². The molecule has 1 aliphatic heterocycles. The van der Waals surface area contributed by atoms with E-state index in [1.165, 1.54) is 0 Å². The highest BCUT2D eigenvalue weighted by atomic mass is 79.9. The van der Waals surface area contributed by atoms with E-state index in [9.17, 15) is 19.5 Å². The molecule has 0 saturated carbocycles. The predicted octanol–water partition coefficient (Wildman–Crippen LogP) is 3.46. The van der Waals surface area contributed by atoms with Gasteiger partial charge in [0.25, 0.3) is 0 Å². The zero-order chi connectivity index (χ0) is 23.1. The molecule has 0 unspecified atom stereocenters. The van der Waals surface area contributed by atoms with Crippen LogP contribution in [0.2, 0.25) is 0 Å². The van der Waals surface area contributed by atoms with Crippen molar-refractivity contribution in [3.63, 3.8) is 0 Å². The third kappa shape index (κ3) is 6.80. The van der Waals surface area contributed by atoms with Gasteiger partial charge >= 0.3 is 6.09 Å². The molecule has 0 bridgehead atoms. The van der Waals surface area contributed by atoms with Crippen molar-refractivity contribution in [2.24, 2.45) is 11.8 Å².